The van der Waals surface area contributed by atoms with E-state index in [4.69, 9.17) is 9.47 Å². The van der Waals surface area contributed by atoms with E-state index in [1.165, 1.54) is 17.9 Å². The molecule has 1 amide bonds. The molecule has 0 saturated carbocycles. The quantitative estimate of drug-likeness (QED) is 0.726. The zero-order valence-corrected chi connectivity index (χ0v) is 15.0. The van der Waals surface area contributed by atoms with Gasteiger partial charge in [-0.25, -0.2) is 4.68 Å². The molecule has 1 heterocycles. The van der Waals surface area contributed by atoms with Crippen molar-refractivity contribution in [2.75, 3.05) is 19.0 Å². The number of aromatic nitrogens is 2. The van der Waals surface area contributed by atoms with Gasteiger partial charge in [-0.1, -0.05) is 30.3 Å². The second kappa shape index (κ2) is 8.18. The number of nitrogens with zero attached hydrogens (tertiary/aromatic N) is 2. The number of nitrogens with one attached hydrogen (secondary N) is 1. The summed E-state index contributed by atoms with van der Waals surface area (Å²) in [6.45, 7) is 2.17. The van der Waals surface area contributed by atoms with E-state index in [9.17, 15) is 9.59 Å². The molecular weight excluding hydrogens is 346 g/mol. The Hall–Kier alpha value is -3.61. The van der Waals surface area contributed by atoms with E-state index in [2.05, 4.69) is 10.4 Å². The molecule has 7 heteroatoms. The smallest absolute Gasteiger partial charge is 0.280 e. The summed E-state index contributed by atoms with van der Waals surface area (Å²) < 4.78 is 12.2. The number of methoxy groups -OCH3 is 1. The summed E-state index contributed by atoms with van der Waals surface area (Å²) in [5.74, 6) is 0.125. The lowest BCUT2D eigenvalue weighted by atomic mass is 10.2. The molecule has 0 aliphatic heterocycles. The van der Waals surface area contributed by atoms with Gasteiger partial charge in [0.05, 0.1) is 31.2 Å². The third kappa shape index (κ3) is 3.98. The third-order valence-corrected chi connectivity index (χ3v) is 3.76. The van der Waals surface area contributed by atoms with Crippen LogP contribution in [0.1, 0.15) is 17.4 Å². The van der Waals surface area contributed by atoms with E-state index < -0.39 is 11.3 Å². The highest BCUT2D eigenvalue weighted by atomic mass is 16.5. The van der Waals surface area contributed by atoms with Crippen molar-refractivity contribution in [1.29, 1.82) is 0 Å². The second-order valence-electron chi connectivity index (χ2n) is 5.53. The fraction of sp³-hybridized carbons (Fsp3) is 0.150. The van der Waals surface area contributed by atoms with E-state index in [1.807, 2.05) is 37.3 Å². The van der Waals surface area contributed by atoms with Crippen molar-refractivity contribution in [3.8, 4) is 17.3 Å². The van der Waals surface area contributed by atoms with Crippen LogP contribution in [0.3, 0.4) is 0 Å². The fourth-order valence-electron chi connectivity index (χ4n) is 2.53. The number of hydrogen-bond acceptors (Lipinski definition) is 5. The van der Waals surface area contributed by atoms with E-state index in [-0.39, 0.29) is 11.6 Å². The van der Waals surface area contributed by atoms with Gasteiger partial charge in [0.2, 0.25) is 11.3 Å². The second-order valence-corrected chi connectivity index (χ2v) is 5.53. The fourth-order valence-corrected chi connectivity index (χ4v) is 2.53. The molecule has 3 aromatic rings. The summed E-state index contributed by atoms with van der Waals surface area (Å²) in [5.41, 5.74) is 0.352. The summed E-state index contributed by atoms with van der Waals surface area (Å²) >= 11 is 0. The van der Waals surface area contributed by atoms with E-state index in [0.29, 0.717) is 23.7 Å². The third-order valence-electron chi connectivity index (χ3n) is 3.76. The molecule has 0 radical (unpaired) electrons. The number of ether oxygens (including phenoxy) is 2. The van der Waals surface area contributed by atoms with Crippen molar-refractivity contribution in [3.63, 3.8) is 0 Å². The first-order valence-corrected chi connectivity index (χ1v) is 8.41. The summed E-state index contributed by atoms with van der Waals surface area (Å²) in [7, 11) is 1.50. The zero-order chi connectivity index (χ0) is 19.2. The maximum absolute atomic E-state index is 12.7. The van der Waals surface area contributed by atoms with Crippen LogP contribution in [0.2, 0.25) is 0 Å². The number of hydrogen-bond donors (Lipinski definition) is 1. The summed E-state index contributed by atoms with van der Waals surface area (Å²) in [6.07, 6.45) is 0. The predicted octanol–water partition coefficient (Wildman–Crippen LogP) is 2.89. The molecule has 27 heavy (non-hydrogen) atoms. The van der Waals surface area contributed by atoms with Crippen molar-refractivity contribution in [3.05, 3.63) is 76.6 Å². The molecule has 0 spiro atoms. The average molecular weight is 365 g/mol. The standard InChI is InChI=1S/C20H19N3O4/c1-3-27-18-13-16(24)19(22-23(18)14-9-5-4-6-10-14)20(25)21-15-11-7-8-12-17(15)26-2/h4-13H,3H2,1-2H3,(H,21,25). The topological polar surface area (TPSA) is 82.5 Å². The number of carbonyl (C=O) groups excluding carboxylic acids is 1. The Morgan fingerprint density at radius 2 is 1.81 bits per heavy atom. The minimum atomic E-state index is -0.628. The molecule has 0 aliphatic rings. The maximum Gasteiger partial charge on any atom is 0.280 e. The van der Waals surface area contributed by atoms with E-state index >= 15 is 0 Å². The van der Waals surface area contributed by atoms with Gasteiger partial charge in [-0.05, 0) is 31.2 Å². The Morgan fingerprint density at radius 1 is 1.11 bits per heavy atom. The molecule has 0 saturated heterocycles. The van der Waals surface area contributed by atoms with Crippen LogP contribution in [-0.2, 0) is 0 Å². The first-order valence-electron chi connectivity index (χ1n) is 8.41. The van der Waals surface area contributed by atoms with Gasteiger partial charge in [0, 0.05) is 0 Å². The molecule has 1 aromatic heterocycles. The largest absolute Gasteiger partial charge is 0.495 e. The van der Waals surface area contributed by atoms with Crippen molar-refractivity contribution < 1.29 is 14.3 Å². The van der Waals surface area contributed by atoms with Gasteiger partial charge < -0.3 is 14.8 Å². The molecule has 0 unspecified atom stereocenters. The average Bonchev–Trinajstić information content (AvgIpc) is 2.69. The Balaban J connectivity index is 2.02. The normalized spacial score (nSPS) is 10.3. The van der Waals surface area contributed by atoms with Crippen LogP contribution < -0.4 is 20.2 Å². The van der Waals surface area contributed by atoms with Crippen LogP contribution in [0.25, 0.3) is 5.69 Å². The van der Waals surface area contributed by atoms with Crippen LogP contribution in [0.4, 0.5) is 5.69 Å². The van der Waals surface area contributed by atoms with Gasteiger partial charge in [-0.2, -0.15) is 5.10 Å². The van der Waals surface area contributed by atoms with E-state index in [0.717, 1.165) is 0 Å². The number of anilines is 1. The van der Waals surface area contributed by atoms with Crippen molar-refractivity contribution in [2.24, 2.45) is 0 Å². The van der Waals surface area contributed by atoms with Crippen LogP contribution in [0.15, 0.2) is 65.5 Å². The maximum atomic E-state index is 12.7. The highest BCUT2D eigenvalue weighted by molar-refractivity contribution is 6.03. The lowest BCUT2D eigenvalue weighted by Gasteiger charge is -2.14. The molecule has 3 rings (SSSR count). The van der Waals surface area contributed by atoms with Crippen molar-refractivity contribution >= 4 is 11.6 Å². The van der Waals surface area contributed by atoms with Crippen molar-refractivity contribution in [2.45, 2.75) is 6.92 Å². The minimum Gasteiger partial charge on any atom is -0.495 e. The van der Waals surface area contributed by atoms with Gasteiger partial charge in [0.15, 0.2) is 5.69 Å². The lowest BCUT2D eigenvalue weighted by Crippen LogP contribution is -2.26. The molecule has 0 fully saturated rings. The number of benzene rings is 2. The summed E-state index contributed by atoms with van der Waals surface area (Å²) in [6, 6.07) is 17.3. The molecule has 0 atom stereocenters. The Labute approximate surface area is 156 Å². The Morgan fingerprint density at radius 3 is 2.52 bits per heavy atom. The molecular formula is C20H19N3O4. The first-order chi connectivity index (χ1) is 13.1. The molecule has 0 aliphatic carbocycles. The van der Waals surface area contributed by atoms with Crippen LogP contribution >= 0.6 is 0 Å². The van der Waals surface area contributed by atoms with Gasteiger partial charge >= 0.3 is 0 Å². The molecule has 138 valence electrons. The first kappa shape index (κ1) is 18.2. The summed E-state index contributed by atoms with van der Waals surface area (Å²) in [4.78, 5) is 25.1. The Bertz CT molecular complexity index is 1000. The molecule has 2 aromatic carbocycles. The Kier molecular flexibility index (Phi) is 5.51. The van der Waals surface area contributed by atoms with Crippen LogP contribution in [0, 0.1) is 0 Å². The van der Waals surface area contributed by atoms with Crippen LogP contribution in [-0.4, -0.2) is 29.4 Å². The number of para-hydroxylation sites is 3. The highest BCUT2D eigenvalue weighted by Gasteiger charge is 2.18. The predicted molar refractivity (Wildman–Crippen MR) is 102 cm³/mol. The van der Waals surface area contributed by atoms with E-state index in [1.54, 1.807) is 24.3 Å². The monoisotopic (exact) mass is 365 g/mol. The highest BCUT2D eigenvalue weighted by Crippen LogP contribution is 2.23. The van der Waals surface area contributed by atoms with Gasteiger partial charge in [-0.3, -0.25) is 9.59 Å². The number of carbonyl (C=O) groups is 1. The lowest BCUT2D eigenvalue weighted by molar-refractivity contribution is 0.101. The molecule has 0 bridgehead atoms. The van der Waals surface area contributed by atoms with Gasteiger partial charge in [0.25, 0.3) is 5.91 Å². The summed E-state index contributed by atoms with van der Waals surface area (Å²) in [5, 5.41) is 6.91. The molecule has 7 nitrogen and oxygen atoms in total. The minimum absolute atomic E-state index is 0.242. The zero-order valence-electron chi connectivity index (χ0n) is 15.0. The SMILES string of the molecule is CCOc1cc(=O)c(C(=O)Nc2ccccc2OC)nn1-c1ccccc1. The molecule has 1 N–H and O–H groups in total. The van der Waals surface area contributed by atoms with Gasteiger partial charge in [0.1, 0.15) is 5.75 Å². The number of amides is 1. The number of rotatable bonds is 6. The van der Waals surface area contributed by atoms with Gasteiger partial charge in [-0.15, -0.1) is 0 Å². The van der Waals surface area contributed by atoms with Crippen LogP contribution in [0.5, 0.6) is 11.6 Å². The van der Waals surface area contributed by atoms with Crippen molar-refractivity contribution in [1.82, 2.24) is 9.78 Å².